The van der Waals surface area contributed by atoms with Gasteiger partial charge in [0.1, 0.15) is 24.0 Å². The molecule has 0 saturated heterocycles. The molecule has 6 nitrogen and oxygen atoms in total. The average molecular weight is 404 g/mol. The fraction of sp³-hybridized carbons (Fsp3) is 0.167. The third kappa shape index (κ3) is 5.76. The Morgan fingerprint density at radius 1 is 1.13 bits per heavy atom. The minimum absolute atomic E-state index is 0.0443. The highest BCUT2D eigenvalue weighted by atomic mass is 16.5. The SMILES string of the molecule is C=CCOc1c(CC=C)cc(/C=C(\C#N)C(=O)Nc2ccc(OC)cc2)cc1OC. The summed E-state index contributed by atoms with van der Waals surface area (Å²) in [6, 6.07) is 12.3. The van der Waals surface area contributed by atoms with Crippen LogP contribution in [0, 0.1) is 11.3 Å². The molecule has 0 fully saturated rings. The predicted molar refractivity (Wildman–Crippen MR) is 118 cm³/mol. The van der Waals surface area contributed by atoms with Crippen LogP contribution < -0.4 is 19.5 Å². The molecule has 0 aromatic heterocycles. The lowest BCUT2D eigenvalue weighted by Crippen LogP contribution is -2.13. The van der Waals surface area contributed by atoms with Crippen LogP contribution in [-0.2, 0) is 11.2 Å². The molecule has 0 aliphatic rings. The molecule has 6 heteroatoms. The van der Waals surface area contributed by atoms with Crippen molar-refractivity contribution in [1.29, 1.82) is 5.26 Å². The monoisotopic (exact) mass is 404 g/mol. The highest BCUT2D eigenvalue weighted by molar-refractivity contribution is 6.09. The van der Waals surface area contributed by atoms with Crippen molar-refractivity contribution in [3.05, 3.63) is 78.4 Å². The van der Waals surface area contributed by atoms with Crippen molar-refractivity contribution in [2.45, 2.75) is 6.42 Å². The summed E-state index contributed by atoms with van der Waals surface area (Å²) in [5, 5.41) is 12.2. The molecular formula is C24H24N2O4. The maximum atomic E-state index is 12.6. The molecule has 0 radical (unpaired) electrons. The first-order valence-electron chi connectivity index (χ1n) is 9.19. The zero-order valence-electron chi connectivity index (χ0n) is 17.1. The predicted octanol–water partition coefficient (Wildman–Crippen LogP) is 4.54. The Bertz CT molecular complexity index is 986. The van der Waals surface area contributed by atoms with Crippen molar-refractivity contribution in [2.24, 2.45) is 0 Å². The van der Waals surface area contributed by atoms with Crippen LogP contribution in [0.5, 0.6) is 17.2 Å². The number of nitrogens with zero attached hydrogens (tertiary/aromatic N) is 1. The summed E-state index contributed by atoms with van der Waals surface area (Å²) in [7, 11) is 3.09. The number of carbonyl (C=O) groups excluding carboxylic acids is 1. The molecule has 0 bridgehead atoms. The number of benzene rings is 2. The van der Waals surface area contributed by atoms with Gasteiger partial charge >= 0.3 is 0 Å². The minimum Gasteiger partial charge on any atom is -0.497 e. The zero-order valence-corrected chi connectivity index (χ0v) is 17.1. The molecule has 30 heavy (non-hydrogen) atoms. The molecule has 1 N–H and O–H groups in total. The first kappa shape index (κ1) is 22.3. The molecule has 0 saturated carbocycles. The third-order valence-corrected chi connectivity index (χ3v) is 4.11. The first-order chi connectivity index (χ1) is 14.6. The topological polar surface area (TPSA) is 80.6 Å². The van der Waals surface area contributed by atoms with Crippen molar-refractivity contribution in [2.75, 3.05) is 26.1 Å². The van der Waals surface area contributed by atoms with Gasteiger partial charge in [-0.2, -0.15) is 5.26 Å². The molecule has 0 atom stereocenters. The molecule has 1 amide bonds. The Kier molecular flexibility index (Phi) is 8.27. The average Bonchev–Trinajstić information content (AvgIpc) is 2.77. The van der Waals surface area contributed by atoms with Gasteiger partial charge in [-0.15, -0.1) is 6.58 Å². The van der Waals surface area contributed by atoms with Crippen LogP contribution in [0.15, 0.2) is 67.3 Å². The lowest BCUT2D eigenvalue weighted by Gasteiger charge is -2.15. The highest BCUT2D eigenvalue weighted by Gasteiger charge is 2.14. The van der Waals surface area contributed by atoms with Crippen LogP contribution in [0.3, 0.4) is 0 Å². The number of nitriles is 1. The molecular weight excluding hydrogens is 380 g/mol. The highest BCUT2D eigenvalue weighted by Crippen LogP contribution is 2.34. The van der Waals surface area contributed by atoms with E-state index >= 15 is 0 Å². The summed E-state index contributed by atoms with van der Waals surface area (Å²) < 4.78 is 16.3. The Hall–Kier alpha value is -3.98. The number of anilines is 1. The number of hydrogen-bond donors (Lipinski definition) is 1. The number of carbonyl (C=O) groups is 1. The number of hydrogen-bond acceptors (Lipinski definition) is 5. The number of nitrogens with one attached hydrogen (secondary N) is 1. The number of allylic oxidation sites excluding steroid dienone is 1. The maximum Gasteiger partial charge on any atom is 0.266 e. The number of amides is 1. The zero-order chi connectivity index (χ0) is 21.9. The summed E-state index contributed by atoms with van der Waals surface area (Å²) in [6.07, 6.45) is 5.42. The van der Waals surface area contributed by atoms with E-state index in [-0.39, 0.29) is 5.57 Å². The first-order valence-corrected chi connectivity index (χ1v) is 9.19. The van der Waals surface area contributed by atoms with Crippen molar-refractivity contribution in [3.8, 4) is 23.3 Å². The molecule has 0 aliphatic carbocycles. The molecule has 0 unspecified atom stereocenters. The van der Waals surface area contributed by atoms with Gasteiger partial charge in [-0.05, 0) is 54.5 Å². The van der Waals surface area contributed by atoms with E-state index in [2.05, 4.69) is 18.5 Å². The van der Waals surface area contributed by atoms with E-state index in [0.717, 1.165) is 5.56 Å². The van der Waals surface area contributed by atoms with Gasteiger partial charge in [0.2, 0.25) is 0 Å². The van der Waals surface area contributed by atoms with E-state index in [0.29, 0.717) is 41.5 Å². The maximum absolute atomic E-state index is 12.6. The standard InChI is InChI=1S/C24H24N2O4/c1-5-7-18-13-17(15-22(29-4)23(18)30-12-6-2)14-19(16-25)24(27)26-20-8-10-21(28-3)11-9-20/h5-6,8-11,13-15H,1-2,7,12H2,3-4H3,(H,26,27)/b19-14+. The van der Waals surface area contributed by atoms with E-state index in [1.54, 1.807) is 49.6 Å². The van der Waals surface area contributed by atoms with Crippen LogP contribution >= 0.6 is 0 Å². The van der Waals surface area contributed by atoms with Crippen LogP contribution in [0.4, 0.5) is 5.69 Å². The lowest BCUT2D eigenvalue weighted by atomic mass is 10.0. The minimum atomic E-state index is -0.515. The van der Waals surface area contributed by atoms with Gasteiger partial charge in [-0.3, -0.25) is 4.79 Å². The quantitative estimate of drug-likeness (QED) is 0.357. The van der Waals surface area contributed by atoms with Gasteiger partial charge in [0.15, 0.2) is 11.5 Å². The molecule has 2 aromatic rings. The summed E-state index contributed by atoms with van der Waals surface area (Å²) in [5.74, 6) is 1.23. The second-order valence-electron chi connectivity index (χ2n) is 6.16. The second kappa shape index (κ2) is 11.1. The lowest BCUT2D eigenvalue weighted by molar-refractivity contribution is -0.112. The van der Waals surface area contributed by atoms with Gasteiger partial charge in [-0.25, -0.2) is 0 Å². The van der Waals surface area contributed by atoms with E-state index in [4.69, 9.17) is 14.2 Å². The number of rotatable bonds is 10. The van der Waals surface area contributed by atoms with Gasteiger partial charge in [-0.1, -0.05) is 18.7 Å². The molecule has 2 rings (SSSR count). The summed E-state index contributed by atoms with van der Waals surface area (Å²) in [5.41, 5.74) is 1.97. The molecule has 2 aromatic carbocycles. The molecule has 0 spiro atoms. The number of ether oxygens (including phenoxy) is 3. The van der Waals surface area contributed by atoms with Crippen molar-refractivity contribution in [1.82, 2.24) is 0 Å². The second-order valence-corrected chi connectivity index (χ2v) is 6.16. The third-order valence-electron chi connectivity index (χ3n) is 4.11. The fourth-order valence-electron chi connectivity index (χ4n) is 2.72. The van der Waals surface area contributed by atoms with Crippen molar-refractivity contribution < 1.29 is 19.0 Å². The van der Waals surface area contributed by atoms with E-state index < -0.39 is 5.91 Å². The summed E-state index contributed by atoms with van der Waals surface area (Å²) >= 11 is 0. The summed E-state index contributed by atoms with van der Waals surface area (Å²) in [6.45, 7) is 7.75. The fourth-order valence-corrected chi connectivity index (χ4v) is 2.72. The number of methoxy groups -OCH3 is 2. The van der Waals surface area contributed by atoms with Crippen LogP contribution in [0.2, 0.25) is 0 Å². The van der Waals surface area contributed by atoms with E-state index in [1.807, 2.05) is 12.1 Å². The largest absolute Gasteiger partial charge is 0.497 e. The van der Waals surface area contributed by atoms with Crippen LogP contribution in [0.1, 0.15) is 11.1 Å². The normalized spacial score (nSPS) is 10.5. The van der Waals surface area contributed by atoms with Gasteiger partial charge < -0.3 is 19.5 Å². The van der Waals surface area contributed by atoms with Gasteiger partial charge in [0.05, 0.1) is 14.2 Å². The van der Waals surface area contributed by atoms with E-state index in [1.165, 1.54) is 13.2 Å². The molecule has 0 aliphatic heterocycles. The van der Waals surface area contributed by atoms with Gasteiger partial charge in [0.25, 0.3) is 5.91 Å². The van der Waals surface area contributed by atoms with Crippen LogP contribution in [-0.4, -0.2) is 26.7 Å². The smallest absolute Gasteiger partial charge is 0.266 e. The Balaban J connectivity index is 2.35. The Morgan fingerprint density at radius 3 is 2.43 bits per heavy atom. The van der Waals surface area contributed by atoms with Crippen molar-refractivity contribution in [3.63, 3.8) is 0 Å². The van der Waals surface area contributed by atoms with E-state index in [9.17, 15) is 10.1 Å². The summed E-state index contributed by atoms with van der Waals surface area (Å²) in [4.78, 5) is 12.6. The van der Waals surface area contributed by atoms with Gasteiger partial charge in [0, 0.05) is 11.3 Å². The van der Waals surface area contributed by atoms with Crippen LogP contribution in [0.25, 0.3) is 6.08 Å². The molecule has 0 heterocycles. The van der Waals surface area contributed by atoms with Crippen molar-refractivity contribution >= 4 is 17.7 Å². The Labute approximate surface area is 176 Å². The molecule has 154 valence electrons. The Morgan fingerprint density at radius 2 is 1.87 bits per heavy atom.